The number of nitrogens with zero attached hydrogens (tertiary/aromatic N) is 1. The molecule has 3 aliphatic carbocycles. The third-order valence-electron chi connectivity index (χ3n) is 16.0. The highest BCUT2D eigenvalue weighted by atomic mass is 16.5. The number of hydrogen-bond donors (Lipinski definition) is 0. The highest BCUT2D eigenvalue weighted by Crippen LogP contribution is 2.65. The summed E-state index contributed by atoms with van der Waals surface area (Å²) in [4.78, 5) is 2.51. The summed E-state index contributed by atoms with van der Waals surface area (Å²) in [6.07, 6.45) is 0. The van der Waals surface area contributed by atoms with Crippen LogP contribution < -0.4 is 14.4 Å². The molecule has 0 aromatic heterocycles. The normalized spacial score (nSPS) is 15.5. The fraction of sp³-hybridized carbons (Fsp3) is 0.0769. The van der Waals surface area contributed by atoms with Gasteiger partial charge in [0.15, 0.2) is 0 Å². The summed E-state index contributed by atoms with van der Waals surface area (Å²) in [6.45, 7) is 4.75. The Morgan fingerprint density at radius 3 is 1.10 bits per heavy atom. The molecule has 10 aromatic rings. The van der Waals surface area contributed by atoms with Crippen molar-refractivity contribution in [2.24, 2.45) is 0 Å². The lowest BCUT2D eigenvalue weighted by atomic mass is 9.66. The molecule has 0 N–H and O–H groups in total. The molecule has 15 rings (SSSR count). The number of ether oxygens (including phenoxy) is 2. The van der Waals surface area contributed by atoms with Gasteiger partial charge in [0.25, 0.3) is 0 Å². The molecular formula is C65H43NO2. The van der Waals surface area contributed by atoms with E-state index in [0.29, 0.717) is 0 Å². The summed E-state index contributed by atoms with van der Waals surface area (Å²) in [5, 5.41) is 0. The maximum absolute atomic E-state index is 6.74. The monoisotopic (exact) mass is 869 g/mol. The molecule has 68 heavy (non-hydrogen) atoms. The summed E-state index contributed by atoms with van der Waals surface area (Å²) in [7, 11) is 0. The molecule has 0 radical (unpaired) electrons. The van der Waals surface area contributed by atoms with Crippen LogP contribution >= 0.6 is 0 Å². The Bertz CT molecular complexity index is 3730. The Balaban J connectivity index is 1.00. The van der Waals surface area contributed by atoms with Crippen molar-refractivity contribution in [3.05, 3.63) is 280 Å². The van der Waals surface area contributed by atoms with Crippen LogP contribution in [0, 0.1) is 0 Å². The number of rotatable bonds is 3. The first kappa shape index (κ1) is 37.8. The van der Waals surface area contributed by atoms with Crippen LogP contribution in [0.5, 0.6) is 23.0 Å². The van der Waals surface area contributed by atoms with Gasteiger partial charge < -0.3 is 14.4 Å². The molecule has 3 nitrogen and oxygen atoms in total. The van der Waals surface area contributed by atoms with Crippen LogP contribution in [0.2, 0.25) is 0 Å². The van der Waals surface area contributed by atoms with Gasteiger partial charge in [-0.1, -0.05) is 178 Å². The summed E-state index contributed by atoms with van der Waals surface area (Å²) in [6, 6.07) is 82.9. The van der Waals surface area contributed by atoms with E-state index in [-0.39, 0.29) is 5.41 Å². The second kappa shape index (κ2) is 13.4. The third kappa shape index (κ3) is 4.63. The quantitative estimate of drug-likeness (QED) is 0.177. The minimum absolute atomic E-state index is 0.181. The van der Waals surface area contributed by atoms with Crippen LogP contribution in [0.1, 0.15) is 69.5 Å². The van der Waals surface area contributed by atoms with Gasteiger partial charge in [0.1, 0.15) is 23.0 Å². The summed E-state index contributed by atoms with van der Waals surface area (Å²) < 4.78 is 13.4. The average Bonchev–Trinajstić information content (AvgIpc) is 3.93. The number of fused-ring (bicyclic) bond motifs is 21. The van der Waals surface area contributed by atoms with Crippen molar-refractivity contribution in [2.75, 3.05) is 4.90 Å². The lowest BCUT2D eigenvalue weighted by Gasteiger charge is -2.40. The molecule has 0 unspecified atom stereocenters. The average molecular weight is 870 g/mol. The van der Waals surface area contributed by atoms with E-state index in [1.54, 1.807) is 0 Å². The fourth-order valence-corrected chi connectivity index (χ4v) is 13.2. The third-order valence-corrected chi connectivity index (χ3v) is 16.0. The van der Waals surface area contributed by atoms with Crippen molar-refractivity contribution in [2.45, 2.75) is 30.1 Å². The highest BCUT2D eigenvalue weighted by molar-refractivity contribution is 5.95. The van der Waals surface area contributed by atoms with Gasteiger partial charge in [-0.15, -0.1) is 0 Å². The summed E-state index contributed by atoms with van der Waals surface area (Å²) in [5.41, 5.74) is 21.9. The SMILES string of the molecule is CC1(C)c2ccccc2-c2ccc(N(c3ccc4c(c3)-c3ccccc3C43c4ccccc4Oc4ccccc43)c3ccc4c(c3)C3(c5ccccc5Oc5ccccc53)c3ccccc3-4)cc21. The van der Waals surface area contributed by atoms with Crippen molar-refractivity contribution < 1.29 is 9.47 Å². The summed E-state index contributed by atoms with van der Waals surface area (Å²) >= 11 is 0. The van der Waals surface area contributed by atoms with Gasteiger partial charge in [0.2, 0.25) is 0 Å². The maximum Gasteiger partial charge on any atom is 0.132 e. The minimum atomic E-state index is -0.603. The number of benzene rings is 10. The largest absolute Gasteiger partial charge is 0.457 e. The fourth-order valence-electron chi connectivity index (χ4n) is 13.2. The molecule has 2 heterocycles. The van der Waals surface area contributed by atoms with Crippen LogP contribution in [0.3, 0.4) is 0 Å². The van der Waals surface area contributed by atoms with Crippen LogP contribution in [0.15, 0.2) is 224 Å². The van der Waals surface area contributed by atoms with E-state index in [2.05, 4.69) is 243 Å². The Hall–Kier alpha value is -8.40. The molecule has 0 atom stereocenters. The Kier molecular flexibility index (Phi) is 7.43. The number of hydrogen-bond acceptors (Lipinski definition) is 3. The molecule has 0 fully saturated rings. The van der Waals surface area contributed by atoms with Crippen molar-refractivity contribution in [3.8, 4) is 56.4 Å². The van der Waals surface area contributed by atoms with Crippen molar-refractivity contribution in [1.29, 1.82) is 0 Å². The molecule has 5 aliphatic rings. The second-order valence-corrected chi connectivity index (χ2v) is 19.5. The summed E-state index contributed by atoms with van der Waals surface area (Å²) in [5.74, 6) is 3.56. The van der Waals surface area contributed by atoms with E-state index in [9.17, 15) is 0 Å². The topological polar surface area (TPSA) is 21.7 Å². The molecular weight excluding hydrogens is 827 g/mol. The number of para-hydroxylation sites is 4. The van der Waals surface area contributed by atoms with Crippen LogP contribution in [0.4, 0.5) is 17.1 Å². The Morgan fingerprint density at radius 1 is 0.265 bits per heavy atom. The van der Waals surface area contributed by atoms with Crippen molar-refractivity contribution >= 4 is 17.1 Å². The minimum Gasteiger partial charge on any atom is -0.457 e. The zero-order chi connectivity index (χ0) is 44.9. The van der Waals surface area contributed by atoms with Gasteiger partial charge in [-0.3, -0.25) is 0 Å². The standard InChI is InChI=1S/C65H43NO2/c1-63(2)49-20-6-3-17-43(49)46-34-31-41(38-57(46)63)66(40-33-36-52-48(37-40)45-19-5-8-22-51(45)64(52)53-23-9-13-27-59(53)67-60-28-14-10-24-54(60)64)42-32-35-47-44-18-4-7-21-50(44)65(58(47)39-42)55-25-11-15-29-61(55)68-62-30-16-12-26-56(62)65/h3-39H,1-2H3. The van der Waals surface area contributed by atoms with E-state index in [0.717, 1.165) is 62.3 Å². The van der Waals surface area contributed by atoms with E-state index in [1.165, 1.54) is 66.8 Å². The lowest BCUT2D eigenvalue weighted by molar-refractivity contribution is 0.436. The predicted molar refractivity (Wildman–Crippen MR) is 273 cm³/mol. The first-order valence-electron chi connectivity index (χ1n) is 23.7. The first-order valence-corrected chi connectivity index (χ1v) is 23.7. The van der Waals surface area contributed by atoms with Crippen LogP contribution in [-0.2, 0) is 16.2 Å². The van der Waals surface area contributed by atoms with E-state index < -0.39 is 10.8 Å². The predicted octanol–water partition coefficient (Wildman–Crippen LogP) is 16.4. The molecule has 3 heteroatoms. The number of anilines is 3. The van der Waals surface area contributed by atoms with Crippen molar-refractivity contribution in [3.63, 3.8) is 0 Å². The molecule has 0 amide bonds. The highest BCUT2D eigenvalue weighted by Gasteiger charge is 2.53. The molecule has 320 valence electrons. The van der Waals surface area contributed by atoms with Gasteiger partial charge in [-0.2, -0.15) is 0 Å². The van der Waals surface area contributed by atoms with Crippen LogP contribution in [0.25, 0.3) is 33.4 Å². The zero-order valence-corrected chi connectivity index (χ0v) is 37.6. The Morgan fingerprint density at radius 2 is 0.588 bits per heavy atom. The molecule has 0 saturated heterocycles. The smallest absolute Gasteiger partial charge is 0.132 e. The van der Waals surface area contributed by atoms with Gasteiger partial charge >= 0.3 is 0 Å². The van der Waals surface area contributed by atoms with E-state index in [1.807, 2.05) is 0 Å². The Labute approximate surface area is 396 Å². The molecule has 0 bridgehead atoms. The second-order valence-electron chi connectivity index (χ2n) is 19.5. The van der Waals surface area contributed by atoms with Gasteiger partial charge in [0.05, 0.1) is 10.8 Å². The molecule has 0 saturated carbocycles. The maximum atomic E-state index is 6.74. The molecule has 2 aliphatic heterocycles. The molecule has 10 aromatic carbocycles. The van der Waals surface area contributed by atoms with E-state index in [4.69, 9.17) is 9.47 Å². The first-order chi connectivity index (χ1) is 33.5. The lowest BCUT2D eigenvalue weighted by Crippen LogP contribution is -2.32. The molecule has 2 spiro atoms. The van der Waals surface area contributed by atoms with Crippen molar-refractivity contribution in [1.82, 2.24) is 0 Å². The van der Waals surface area contributed by atoms with Gasteiger partial charge in [0, 0.05) is 44.7 Å². The zero-order valence-electron chi connectivity index (χ0n) is 37.6. The van der Waals surface area contributed by atoms with Crippen LogP contribution in [-0.4, -0.2) is 0 Å². The van der Waals surface area contributed by atoms with E-state index >= 15 is 0 Å². The van der Waals surface area contributed by atoms with Gasteiger partial charge in [-0.25, -0.2) is 0 Å². The van der Waals surface area contributed by atoms with Gasteiger partial charge in [-0.05, 0) is 127 Å².